The van der Waals surface area contributed by atoms with E-state index in [2.05, 4.69) is 133 Å². The number of ether oxygens (including phenoxy) is 1. The molecule has 1 aromatic heterocycles. The standard InChI is InChI=1S/C37H34NO/c1-38-35(25-21-32-19-17-31(18-20-32)16-15-30-9-4-2-5-10-30)13-8-14-36(38)26-22-33-23-27-37(28-24-33)39-29-34-11-6-3-7-12-34/h2-14,17-28H,15-16,29H2,1H3/q+1/b25-21+,26-22+. The average molecular weight is 509 g/mol. The molecule has 5 rings (SSSR count). The zero-order chi connectivity index (χ0) is 26.7. The quantitative estimate of drug-likeness (QED) is 0.173. The number of hydrogen-bond acceptors (Lipinski definition) is 1. The summed E-state index contributed by atoms with van der Waals surface area (Å²) in [6.45, 7) is 0.574. The summed E-state index contributed by atoms with van der Waals surface area (Å²) < 4.78 is 8.12. The lowest BCUT2D eigenvalue weighted by atomic mass is 10.0. The molecule has 39 heavy (non-hydrogen) atoms. The van der Waals surface area contributed by atoms with E-state index < -0.39 is 0 Å². The Kier molecular flexibility index (Phi) is 8.78. The second-order valence-electron chi connectivity index (χ2n) is 9.67. The number of hydrogen-bond donors (Lipinski definition) is 0. The zero-order valence-electron chi connectivity index (χ0n) is 22.4. The number of nitrogens with zero attached hydrogens (tertiary/aromatic N) is 1. The molecule has 0 saturated carbocycles. The molecule has 4 aromatic carbocycles. The maximum atomic E-state index is 5.91. The third kappa shape index (κ3) is 7.66. The summed E-state index contributed by atoms with van der Waals surface area (Å²) in [5, 5.41) is 0. The predicted octanol–water partition coefficient (Wildman–Crippen LogP) is 8.22. The van der Waals surface area contributed by atoms with Crippen LogP contribution in [0.1, 0.15) is 39.2 Å². The van der Waals surface area contributed by atoms with Gasteiger partial charge in [0.1, 0.15) is 19.4 Å². The van der Waals surface area contributed by atoms with Gasteiger partial charge in [0.25, 0.3) is 0 Å². The van der Waals surface area contributed by atoms with Crippen LogP contribution in [0.5, 0.6) is 5.75 Å². The smallest absolute Gasteiger partial charge is 0.205 e. The van der Waals surface area contributed by atoms with Crippen molar-refractivity contribution in [3.63, 3.8) is 0 Å². The number of pyridine rings is 1. The van der Waals surface area contributed by atoms with E-state index in [1.807, 2.05) is 30.3 Å². The SMILES string of the molecule is C[n+]1c(/C=C/c2ccc(CCc3ccccc3)cc2)cccc1/C=C/c1ccc(OCc2ccccc2)cc1. The zero-order valence-corrected chi connectivity index (χ0v) is 22.4. The van der Waals surface area contributed by atoms with Crippen LogP contribution in [0.2, 0.25) is 0 Å². The van der Waals surface area contributed by atoms with E-state index >= 15 is 0 Å². The van der Waals surface area contributed by atoms with Crippen molar-refractivity contribution in [2.75, 3.05) is 0 Å². The summed E-state index contributed by atoms with van der Waals surface area (Å²) >= 11 is 0. The molecule has 5 aromatic rings. The molecule has 0 amide bonds. The largest absolute Gasteiger partial charge is 0.489 e. The highest BCUT2D eigenvalue weighted by atomic mass is 16.5. The minimum Gasteiger partial charge on any atom is -0.489 e. The van der Waals surface area contributed by atoms with E-state index in [0.29, 0.717) is 6.61 Å². The minimum absolute atomic E-state index is 0.574. The van der Waals surface area contributed by atoms with Crippen LogP contribution in [0.15, 0.2) is 127 Å². The fourth-order valence-electron chi connectivity index (χ4n) is 4.46. The first-order valence-corrected chi connectivity index (χ1v) is 13.5. The summed E-state index contributed by atoms with van der Waals surface area (Å²) in [6.07, 6.45) is 10.8. The highest BCUT2D eigenvalue weighted by Gasteiger charge is 2.07. The fourth-order valence-corrected chi connectivity index (χ4v) is 4.46. The second-order valence-corrected chi connectivity index (χ2v) is 9.67. The molecule has 0 bridgehead atoms. The minimum atomic E-state index is 0.574. The molecule has 2 nitrogen and oxygen atoms in total. The van der Waals surface area contributed by atoms with Crippen molar-refractivity contribution in [1.82, 2.24) is 0 Å². The molecule has 0 saturated heterocycles. The van der Waals surface area contributed by atoms with Crippen LogP contribution < -0.4 is 9.30 Å². The fraction of sp³-hybridized carbons (Fsp3) is 0.108. The monoisotopic (exact) mass is 508 g/mol. The number of aromatic nitrogens is 1. The van der Waals surface area contributed by atoms with E-state index in [9.17, 15) is 0 Å². The van der Waals surface area contributed by atoms with Crippen molar-refractivity contribution in [1.29, 1.82) is 0 Å². The topological polar surface area (TPSA) is 13.1 Å². The van der Waals surface area contributed by atoms with Crippen LogP contribution in [-0.2, 0) is 26.5 Å². The Morgan fingerprint density at radius 1 is 0.487 bits per heavy atom. The van der Waals surface area contributed by atoms with Crippen molar-refractivity contribution in [3.05, 3.63) is 167 Å². The van der Waals surface area contributed by atoms with E-state index in [0.717, 1.165) is 35.5 Å². The number of aryl methyl sites for hydroxylation is 2. The number of benzene rings is 4. The number of rotatable bonds is 10. The van der Waals surface area contributed by atoms with Crippen molar-refractivity contribution in [3.8, 4) is 5.75 Å². The summed E-state index contributed by atoms with van der Waals surface area (Å²) in [6, 6.07) is 44.4. The van der Waals surface area contributed by atoms with Crippen molar-refractivity contribution in [2.45, 2.75) is 19.4 Å². The van der Waals surface area contributed by atoms with Crippen LogP contribution >= 0.6 is 0 Å². The van der Waals surface area contributed by atoms with Crippen LogP contribution in [-0.4, -0.2) is 0 Å². The molecule has 0 aliphatic heterocycles. The third-order valence-corrected chi connectivity index (χ3v) is 6.85. The van der Waals surface area contributed by atoms with E-state index in [1.54, 1.807) is 0 Å². The molecule has 0 fully saturated rings. The van der Waals surface area contributed by atoms with Gasteiger partial charge in [0.15, 0.2) is 0 Å². The summed E-state index contributed by atoms with van der Waals surface area (Å²) in [5.74, 6) is 0.873. The summed E-state index contributed by atoms with van der Waals surface area (Å²) in [7, 11) is 2.10. The van der Waals surface area contributed by atoms with Gasteiger partial charge in [0.05, 0.1) is 0 Å². The molecule has 0 N–H and O–H groups in total. The second kappa shape index (κ2) is 13.2. The first kappa shape index (κ1) is 25.9. The molecule has 0 atom stereocenters. The summed E-state index contributed by atoms with van der Waals surface area (Å²) in [4.78, 5) is 0. The highest BCUT2D eigenvalue weighted by molar-refractivity contribution is 5.69. The van der Waals surface area contributed by atoms with Crippen molar-refractivity contribution >= 4 is 24.3 Å². The van der Waals surface area contributed by atoms with Gasteiger partial charge in [0.2, 0.25) is 11.4 Å². The van der Waals surface area contributed by atoms with Gasteiger partial charge < -0.3 is 4.74 Å². The van der Waals surface area contributed by atoms with Gasteiger partial charge in [-0.3, -0.25) is 0 Å². The molecular formula is C37H34NO+. The van der Waals surface area contributed by atoms with Crippen LogP contribution in [0.25, 0.3) is 24.3 Å². The molecule has 0 unspecified atom stereocenters. The lowest BCUT2D eigenvalue weighted by Gasteiger charge is -2.06. The third-order valence-electron chi connectivity index (χ3n) is 6.85. The Bertz CT molecular complexity index is 1400. The van der Waals surface area contributed by atoms with Gasteiger partial charge in [-0.1, -0.05) is 97.1 Å². The molecule has 0 aliphatic rings. The first-order valence-electron chi connectivity index (χ1n) is 13.5. The Hall–Kier alpha value is -4.69. The van der Waals surface area contributed by atoms with Gasteiger partial charge >= 0.3 is 0 Å². The average Bonchev–Trinajstić information content (AvgIpc) is 3.00. The van der Waals surface area contributed by atoms with Crippen LogP contribution in [0, 0.1) is 0 Å². The Balaban J connectivity index is 1.18. The van der Waals surface area contributed by atoms with E-state index in [1.165, 1.54) is 22.3 Å². The molecule has 192 valence electrons. The van der Waals surface area contributed by atoms with E-state index in [-0.39, 0.29) is 0 Å². The van der Waals surface area contributed by atoms with Gasteiger partial charge in [-0.2, -0.15) is 4.57 Å². The Labute approximate surface area is 232 Å². The maximum Gasteiger partial charge on any atom is 0.205 e. The Morgan fingerprint density at radius 2 is 0.974 bits per heavy atom. The van der Waals surface area contributed by atoms with Crippen molar-refractivity contribution in [2.24, 2.45) is 7.05 Å². The van der Waals surface area contributed by atoms with Crippen LogP contribution in [0.4, 0.5) is 0 Å². The lowest BCUT2D eigenvalue weighted by molar-refractivity contribution is -0.675. The van der Waals surface area contributed by atoms with Crippen molar-refractivity contribution < 1.29 is 9.30 Å². The molecule has 1 heterocycles. The molecular weight excluding hydrogens is 474 g/mol. The van der Waals surface area contributed by atoms with Gasteiger partial charge in [-0.15, -0.1) is 0 Å². The van der Waals surface area contributed by atoms with Gasteiger partial charge in [-0.05, 0) is 71.0 Å². The Morgan fingerprint density at radius 3 is 1.54 bits per heavy atom. The van der Waals surface area contributed by atoms with Gasteiger partial charge in [0, 0.05) is 24.3 Å². The van der Waals surface area contributed by atoms with Gasteiger partial charge in [-0.25, -0.2) is 0 Å². The maximum absolute atomic E-state index is 5.91. The van der Waals surface area contributed by atoms with Crippen LogP contribution in [0.3, 0.4) is 0 Å². The summed E-state index contributed by atoms with van der Waals surface area (Å²) in [5.41, 5.74) is 8.54. The normalized spacial score (nSPS) is 11.3. The molecule has 0 aliphatic carbocycles. The molecule has 0 radical (unpaired) electrons. The highest BCUT2D eigenvalue weighted by Crippen LogP contribution is 2.16. The first-order chi connectivity index (χ1) is 19.2. The predicted molar refractivity (Wildman–Crippen MR) is 163 cm³/mol. The molecule has 0 spiro atoms. The molecule has 2 heteroatoms. The van der Waals surface area contributed by atoms with E-state index in [4.69, 9.17) is 4.74 Å². The lowest BCUT2D eigenvalue weighted by Crippen LogP contribution is -2.35.